The Morgan fingerprint density at radius 1 is 1.43 bits per heavy atom. The Labute approximate surface area is 96.4 Å². The lowest BCUT2D eigenvalue weighted by Crippen LogP contribution is -2.45. The number of hydrogen-bond donors (Lipinski definition) is 0. The number of hydrogen-bond acceptors (Lipinski definition) is 1. The zero-order valence-corrected chi connectivity index (χ0v) is 11.0. The Balaban J connectivity index is 1.82. The van der Waals surface area contributed by atoms with Crippen LogP contribution >= 0.6 is 15.9 Å². The van der Waals surface area contributed by atoms with Crippen LogP contribution in [-0.2, 0) is 0 Å². The van der Waals surface area contributed by atoms with Gasteiger partial charge in [-0.05, 0) is 51.0 Å². The molecule has 82 valence electrons. The lowest BCUT2D eigenvalue weighted by atomic mass is 9.70. The van der Waals surface area contributed by atoms with Crippen LogP contribution in [0.1, 0.15) is 39.0 Å². The van der Waals surface area contributed by atoms with Gasteiger partial charge in [0.15, 0.2) is 0 Å². The van der Waals surface area contributed by atoms with E-state index < -0.39 is 0 Å². The van der Waals surface area contributed by atoms with Gasteiger partial charge in [-0.25, -0.2) is 0 Å². The normalized spacial score (nSPS) is 27.4. The first kappa shape index (κ1) is 10.9. The first-order valence-corrected chi connectivity index (χ1v) is 7.05. The second-order valence-electron chi connectivity index (χ2n) is 5.48. The van der Waals surface area contributed by atoms with E-state index in [0.717, 1.165) is 12.0 Å². The fraction of sp³-hybridized carbons (Fsp3) is 1.00. The second-order valence-corrected chi connectivity index (χ2v) is 6.04. The van der Waals surface area contributed by atoms with E-state index in [2.05, 4.69) is 34.8 Å². The highest BCUT2D eigenvalue weighted by atomic mass is 79.9. The third-order valence-electron chi connectivity index (χ3n) is 4.28. The minimum absolute atomic E-state index is 0.623. The van der Waals surface area contributed by atoms with Gasteiger partial charge in [-0.1, -0.05) is 22.4 Å². The summed E-state index contributed by atoms with van der Waals surface area (Å²) in [4.78, 5) is 2.60. The van der Waals surface area contributed by atoms with Gasteiger partial charge in [0.05, 0.1) is 0 Å². The molecule has 0 spiro atoms. The van der Waals surface area contributed by atoms with Crippen molar-refractivity contribution < 1.29 is 0 Å². The highest BCUT2D eigenvalue weighted by molar-refractivity contribution is 9.09. The quantitative estimate of drug-likeness (QED) is 0.686. The summed E-state index contributed by atoms with van der Waals surface area (Å²) in [5.74, 6) is 1.01. The van der Waals surface area contributed by atoms with Crippen LogP contribution in [0.5, 0.6) is 0 Å². The molecule has 1 atom stereocenters. The molecule has 0 bridgehead atoms. The SMILES string of the molecule is CC(C1CC1)N(C)CC1(CBr)CCC1. The number of alkyl halides is 1. The lowest BCUT2D eigenvalue weighted by molar-refractivity contribution is 0.0808. The molecular formula is C12H22BrN. The van der Waals surface area contributed by atoms with Crippen molar-refractivity contribution in [2.24, 2.45) is 11.3 Å². The van der Waals surface area contributed by atoms with Gasteiger partial charge in [-0.3, -0.25) is 0 Å². The molecule has 2 fully saturated rings. The van der Waals surface area contributed by atoms with E-state index in [1.807, 2.05) is 0 Å². The van der Waals surface area contributed by atoms with E-state index in [4.69, 9.17) is 0 Å². The Bertz CT molecular complexity index is 191. The summed E-state index contributed by atoms with van der Waals surface area (Å²) in [7, 11) is 2.31. The maximum absolute atomic E-state index is 3.69. The van der Waals surface area contributed by atoms with Crippen LogP contribution in [0, 0.1) is 11.3 Å². The van der Waals surface area contributed by atoms with Crippen LogP contribution in [0.4, 0.5) is 0 Å². The third kappa shape index (κ3) is 2.16. The molecule has 2 heteroatoms. The van der Waals surface area contributed by atoms with Crippen molar-refractivity contribution in [2.75, 3.05) is 18.9 Å². The van der Waals surface area contributed by atoms with Crippen molar-refractivity contribution in [1.82, 2.24) is 4.90 Å². The molecule has 14 heavy (non-hydrogen) atoms. The predicted molar refractivity (Wildman–Crippen MR) is 64.9 cm³/mol. The van der Waals surface area contributed by atoms with Crippen LogP contribution < -0.4 is 0 Å². The smallest absolute Gasteiger partial charge is 0.0100 e. The minimum Gasteiger partial charge on any atom is -0.303 e. The van der Waals surface area contributed by atoms with Gasteiger partial charge < -0.3 is 4.90 Å². The van der Waals surface area contributed by atoms with Crippen molar-refractivity contribution in [1.29, 1.82) is 0 Å². The fourth-order valence-corrected chi connectivity index (χ4v) is 3.36. The van der Waals surface area contributed by atoms with Crippen molar-refractivity contribution >= 4 is 15.9 Å². The molecule has 0 aromatic rings. The molecular weight excluding hydrogens is 238 g/mol. The maximum Gasteiger partial charge on any atom is 0.0100 e. The second kappa shape index (κ2) is 4.13. The first-order valence-electron chi connectivity index (χ1n) is 5.93. The van der Waals surface area contributed by atoms with Gasteiger partial charge in [0.2, 0.25) is 0 Å². The zero-order valence-electron chi connectivity index (χ0n) is 9.43. The van der Waals surface area contributed by atoms with Gasteiger partial charge in [-0.2, -0.15) is 0 Å². The number of halogens is 1. The van der Waals surface area contributed by atoms with E-state index in [-0.39, 0.29) is 0 Å². The van der Waals surface area contributed by atoms with Crippen LogP contribution in [-0.4, -0.2) is 29.9 Å². The highest BCUT2D eigenvalue weighted by Gasteiger charge is 2.39. The van der Waals surface area contributed by atoms with E-state index in [9.17, 15) is 0 Å². The number of nitrogens with zero attached hydrogens (tertiary/aromatic N) is 1. The Kier molecular flexibility index (Phi) is 3.23. The molecule has 0 heterocycles. The first-order chi connectivity index (χ1) is 6.67. The van der Waals surface area contributed by atoms with Crippen LogP contribution in [0.25, 0.3) is 0 Å². The molecule has 0 aliphatic heterocycles. The Hall–Kier alpha value is 0.440. The van der Waals surface area contributed by atoms with E-state index in [1.165, 1.54) is 44.0 Å². The summed E-state index contributed by atoms with van der Waals surface area (Å²) in [6, 6.07) is 0.812. The fourth-order valence-electron chi connectivity index (χ4n) is 2.62. The summed E-state index contributed by atoms with van der Waals surface area (Å²) < 4.78 is 0. The molecule has 2 saturated carbocycles. The van der Waals surface area contributed by atoms with Gasteiger partial charge in [0, 0.05) is 17.9 Å². The van der Waals surface area contributed by atoms with Crippen molar-refractivity contribution in [3.8, 4) is 0 Å². The molecule has 0 N–H and O–H groups in total. The minimum atomic E-state index is 0.623. The number of rotatable bonds is 5. The summed E-state index contributed by atoms with van der Waals surface area (Å²) >= 11 is 3.69. The maximum atomic E-state index is 3.69. The van der Waals surface area contributed by atoms with Gasteiger partial charge in [-0.15, -0.1) is 0 Å². The van der Waals surface area contributed by atoms with E-state index in [0.29, 0.717) is 5.41 Å². The van der Waals surface area contributed by atoms with Gasteiger partial charge in [0.25, 0.3) is 0 Å². The standard InChI is InChI=1S/C12H22BrN/c1-10(11-4-5-11)14(2)9-12(8-13)6-3-7-12/h10-11H,3-9H2,1-2H3. The van der Waals surface area contributed by atoms with Crippen molar-refractivity contribution in [2.45, 2.75) is 45.1 Å². The largest absolute Gasteiger partial charge is 0.303 e. The molecule has 1 unspecified atom stereocenters. The van der Waals surface area contributed by atoms with Crippen molar-refractivity contribution in [3.63, 3.8) is 0 Å². The van der Waals surface area contributed by atoms with E-state index in [1.54, 1.807) is 0 Å². The lowest BCUT2D eigenvalue weighted by Gasteiger charge is -2.44. The molecule has 0 amide bonds. The van der Waals surface area contributed by atoms with Crippen LogP contribution in [0.15, 0.2) is 0 Å². The Morgan fingerprint density at radius 3 is 2.43 bits per heavy atom. The monoisotopic (exact) mass is 259 g/mol. The third-order valence-corrected chi connectivity index (χ3v) is 5.47. The van der Waals surface area contributed by atoms with E-state index >= 15 is 0 Å². The molecule has 2 aliphatic rings. The topological polar surface area (TPSA) is 3.24 Å². The summed E-state index contributed by atoms with van der Waals surface area (Å²) in [5, 5.41) is 1.20. The van der Waals surface area contributed by atoms with Crippen molar-refractivity contribution in [3.05, 3.63) is 0 Å². The molecule has 1 nitrogen and oxygen atoms in total. The average molecular weight is 260 g/mol. The molecule has 0 radical (unpaired) electrons. The average Bonchev–Trinajstić information content (AvgIpc) is 2.92. The molecule has 0 aromatic heterocycles. The van der Waals surface area contributed by atoms with Gasteiger partial charge >= 0.3 is 0 Å². The Morgan fingerprint density at radius 2 is 2.07 bits per heavy atom. The van der Waals surface area contributed by atoms with Crippen LogP contribution in [0.2, 0.25) is 0 Å². The predicted octanol–water partition coefficient (Wildman–Crippen LogP) is 3.28. The van der Waals surface area contributed by atoms with Crippen LogP contribution in [0.3, 0.4) is 0 Å². The summed E-state index contributed by atoms with van der Waals surface area (Å²) in [6.07, 6.45) is 7.23. The molecule has 2 rings (SSSR count). The van der Waals surface area contributed by atoms with Gasteiger partial charge in [0.1, 0.15) is 0 Å². The summed E-state index contributed by atoms with van der Waals surface area (Å²) in [6.45, 7) is 3.70. The zero-order chi connectivity index (χ0) is 10.2. The summed E-state index contributed by atoms with van der Waals surface area (Å²) in [5.41, 5.74) is 0.623. The molecule has 0 aromatic carbocycles. The molecule has 0 saturated heterocycles. The molecule has 2 aliphatic carbocycles. The highest BCUT2D eigenvalue weighted by Crippen LogP contribution is 2.44.